The molecule has 0 aliphatic rings. The Morgan fingerprint density at radius 2 is 1.18 bits per heavy atom. The largest absolute Gasteiger partial charge is 0.508 e. The minimum atomic E-state index is 0.120. The molecule has 0 aliphatic heterocycles. The Bertz CT molecular complexity index is 554. The highest BCUT2D eigenvalue weighted by atomic mass is 16.3. The second kappa shape index (κ2) is 7.35. The predicted octanol–water partition coefficient (Wildman–Crippen LogP) is 5.50. The SMILES string of the molecule is CCC(C)(C)C(C)(C)c1ccc(O)cc1.Oc1ccccc1. The maximum Gasteiger partial charge on any atom is 0.115 e. The van der Waals surface area contributed by atoms with E-state index in [2.05, 4.69) is 34.6 Å². The van der Waals surface area contributed by atoms with Crippen molar-refractivity contribution in [2.45, 2.75) is 46.5 Å². The number of phenolic OH excluding ortho intramolecular Hbond substituents is 2. The van der Waals surface area contributed by atoms with Gasteiger partial charge in [0, 0.05) is 0 Å². The molecule has 0 fully saturated rings. The fraction of sp³-hybridized carbons (Fsp3) is 0.400. The van der Waals surface area contributed by atoms with Crippen LogP contribution in [0.15, 0.2) is 54.6 Å². The van der Waals surface area contributed by atoms with Crippen molar-refractivity contribution in [2.24, 2.45) is 5.41 Å². The third-order valence-electron chi connectivity index (χ3n) is 4.92. The molecule has 0 bridgehead atoms. The maximum absolute atomic E-state index is 9.28. The van der Waals surface area contributed by atoms with Gasteiger partial charge < -0.3 is 10.2 Å². The highest BCUT2D eigenvalue weighted by Crippen LogP contribution is 2.43. The minimum Gasteiger partial charge on any atom is -0.508 e. The average molecular weight is 300 g/mol. The molecule has 2 heteroatoms. The number of phenols is 2. The average Bonchev–Trinajstić information content (AvgIpc) is 2.49. The molecule has 0 aromatic heterocycles. The van der Waals surface area contributed by atoms with Crippen molar-refractivity contribution in [3.05, 3.63) is 60.2 Å². The maximum atomic E-state index is 9.28. The monoisotopic (exact) mass is 300 g/mol. The van der Waals surface area contributed by atoms with Gasteiger partial charge in [-0.2, -0.15) is 0 Å². The van der Waals surface area contributed by atoms with E-state index in [0.29, 0.717) is 11.5 Å². The van der Waals surface area contributed by atoms with Gasteiger partial charge in [0.2, 0.25) is 0 Å². The zero-order chi connectivity index (χ0) is 16.8. The summed E-state index contributed by atoms with van der Waals surface area (Å²) in [6.45, 7) is 11.3. The van der Waals surface area contributed by atoms with Gasteiger partial charge in [0.25, 0.3) is 0 Å². The first-order chi connectivity index (χ1) is 10.2. The Labute approximate surface area is 134 Å². The van der Waals surface area contributed by atoms with E-state index >= 15 is 0 Å². The zero-order valence-corrected chi connectivity index (χ0v) is 14.3. The number of benzene rings is 2. The third kappa shape index (κ3) is 4.52. The van der Waals surface area contributed by atoms with E-state index in [4.69, 9.17) is 5.11 Å². The molecule has 2 nitrogen and oxygen atoms in total. The van der Waals surface area contributed by atoms with Crippen molar-refractivity contribution < 1.29 is 10.2 Å². The molecule has 0 radical (unpaired) electrons. The van der Waals surface area contributed by atoms with Crippen LogP contribution in [0.25, 0.3) is 0 Å². The predicted molar refractivity (Wildman–Crippen MR) is 93.3 cm³/mol. The van der Waals surface area contributed by atoms with E-state index in [0.717, 1.165) is 6.42 Å². The van der Waals surface area contributed by atoms with Gasteiger partial charge >= 0.3 is 0 Å². The smallest absolute Gasteiger partial charge is 0.115 e. The summed E-state index contributed by atoms with van der Waals surface area (Å²) in [5.41, 5.74) is 1.66. The second-order valence-electron chi connectivity index (χ2n) is 6.74. The molecule has 0 heterocycles. The Morgan fingerprint density at radius 1 is 0.727 bits per heavy atom. The number of hydrogen-bond acceptors (Lipinski definition) is 2. The molecular formula is C20H28O2. The number of para-hydroxylation sites is 1. The topological polar surface area (TPSA) is 40.5 Å². The summed E-state index contributed by atoms with van der Waals surface area (Å²) in [6, 6.07) is 16.3. The quantitative estimate of drug-likeness (QED) is 0.786. The number of aromatic hydroxyl groups is 2. The lowest BCUT2D eigenvalue weighted by atomic mass is 9.63. The molecule has 0 saturated carbocycles. The molecule has 2 N–H and O–H groups in total. The first-order valence-electron chi connectivity index (χ1n) is 7.74. The molecule has 0 aliphatic carbocycles. The number of hydrogen-bond donors (Lipinski definition) is 2. The van der Waals surface area contributed by atoms with Gasteiger partial charge in [0.15, 0.2) is 0 Å². The number of rotatable bonds is 3. The Hall–Kier alpha value is -1.96. The first kappa shape index (κ1) is 18.1. The van der Waals surface area contributed by atoms with Crippen molar-refractivity contribution >= 4 is 0 Å². The van der Waals surface area contributed by atoms with Gasteiger partial charge in [-0.15, -0.1) is 0 Å². The molecular weight excluding hydrogens is 272 g/mol. The summed E-state index contributed by atoms with van der Waals surface area (Å²) >= 11 is 0. The summed E-state index contributed by atoms with van der Waals surface area (Å²) in [7, 11) is 0. The fourth-order valence-electron chi connectivity index (χ4n) is 2.14. The van der Waals surface area contributed by atoms with Gasteiger partial charge in [-0.25, -0.2) is 0 Å². The van der Waals surface area contributed by atoms with Crippen molar-refractivity contribution in [2.75, 3.05) is 0 Å². The minimum absolute atomic E-state index is 0.120. The van der Waals surface area contributed by atoms with E-state index in [-0.39, 0.29) is 10.8 Å². The van der Waals surface area contributed by atoms with Gasteiger partial charge in [-0.3, -0.25) is 0 Å². The van der Waals surface area contributed by atoms with E-state index in [1.54, 1.807) is 36.4 Å². The van der Waals surface area contributed by atoms with Crippen LogP contribution in [-0.4, -0.2) is 10.2 Å². The van der Waals surface area contributed by atoms with E-state index in [1.807, 2.05) is 18.2 Å². The van der Waals surface area contributed by atoms with Crippen LogP contribution in [0, 0.1) is 5.41 Å². The Balaban J connectivity index is 0.000000287. The van der Waals surface area contributed by atoms with Crippen molar-refractivity contribution in [1.29, 1.82) is 0 Å². The van der Waals surface area contributed by atoms with Crippen molar-refractivity contribution in [1.82, 2.24) is 0 Å². The molecule has 2 aromatic carbocycles. The van der Waals surface area contributed by atoms with Gasteiger partial charge in [-0.05, 0) is 40.7 Å². The zero-order valence-electron chi connectivity index (χ0n) is 14.3. The lowest BCUT2D eigenvalue weighted by molar-refractivity contribution is 0.189. The molecule has 0 atom stereocenters. The van der Waals surface area contributed by atoms with Crippen LogP contribution in [0.3, 0.4) is 0 Å². The molecule has 22 heavy (non-hydrogen) atoms. The fourth-order valence-corrected chi connectivity index (χ4v) is 2.14. The van der Waals surface area contributed by atoms with Crippen LogP contribution in [0.2, 0.25) is 0 Å². The highest BCUT2D eigenvalue weighted by molar-refractivity contribution is 5.32. The normalized spacial score (nSPS) is 11.5. The summed E-state index contributed by atoms with van der Waals surface area (Å²) in [5, 5.41) is 17.9. The molecule has 0 saturated heterocycles. The lowest BCUT2D eigenvalue weighted by Crippen LogP contribution is -2.35. The summed E-state index contributed by atoms with van der Waals surface area (Å²) in [4.78, 5) is 0. The van der Waals surface area contributed by atoms with E-state index in [9.17, 15) is 5.11 Å². The molecule has 0 unspecified atom stereocenters. The van der Waals surface area contributed by atoms with Crippen LogP contribution in [0.1, 0.15) is 46.6 Å². The molecule has 120 valence electrons. The Kier molecular flexibility index (Phi) is 6.04. The highest BCUT2D eigenvalue weighted by Gasteiger charge is 2.36. The molecule has 0 spiro atoms. The van der Waals surface area contributed by atoms with Gasteiger partial charge in [0.1, 0.15) is 11.5 Å². The summed E-state index contributed by atoms with van der Waals surface area (Å²) in [6.07, 6.45) is 1.14. The van der Waals surface area contributed by atoms with Gasteiger partial charge in [0.05, 0.1) is 0 Å². The van der Waals surface area contributed by atoms with Crippen LogP contribution in [0.5, 0.6) is 11.5 Å². The Morgan fingerprint density at radius 3 is 1.55 bits per heavy atom. The lowest BCUT2D eigenvalue weighted by Gasteiger charge is -2.41. The summed E-state index contributed by atoms with van der Waals surface area (Å²) in [5.74, 6) is 0.659. The van der Waals surface area contributed by atoms with Crippen molar-refractivity contribution in [3.8, 4) is 11.5 Å². The van der Waals surface area contributed by atoms with Crippen molar-refractivity contribution in [3.63, 3.8) is 0 Å². The third-order valence-corrected chi connectivity index (χ3v) is 4.92. The first-order valence-corrected chi connectivity index (χ1v) is 7.74. The van der Waals surface area contributed by atoms with Crippen LogP contribution >= 0.6 is 0 Å². The molecule has 2 aromatic rings. The molecule has 0 amide bonds. The van der Waals surface area contributed by atoms with Crippen LogP contribution < -0.4 is 0 Å². The van der Waals surface area contributed by atoms with Gasteiger partial charge in [-0.1, -0.05) is 71.4 Å². The van der Waals surface area contributed by atoms with E-state index in [1.165, 1.54) is 5.56 Å². The second-order valence-corrected chi connectivity index (χ2v) is 6.74. The summed E-state index contributed by atoms with van der Waals surface area (Å²) < 4.78 is 0. The van der Waals surface area contributed by atoms with E-state index < -0.39 is 0 Å². The molecule has 2 rings (SSSR count). The standard InChI is InChI=1S/C14H22O.C6H6O/c1-6-13(2,3)14(4,5)11-7-9-12(15)10-8-11;7-6-4-2-1-3-5-6/h7-10,15H,6H2,1-5H3;1-5,7H. The van der Waals surface area contributed by atoms with Crippen LogP contribution in [0.4, 0.5) is 0 Å². The van der Waals surface area contributed by atoms with Crippen LogP contribution in [-0.2, 0) is 5.41 Å².